The summed E-state index contributed by atoms with van der Waals surface area (Å²) in [7, 11) is 0. The molecule has 0 fully saturated rings. The molecule has 0 unspecified atom stereocenters. The second-order valence-corrected chi connectivity index (χ2v) is 3.97. The van der Waals surface area contributed by atoms with Crippen molar-refractivity contribution in [2.75, 3.05) is 25.0 Å². The molecular formula is C11H16BrNO. The summed E-state index contributed by atoms with van der Waals surface area (Å²) < 4.78 is 0. The maximum absolute atomic E-state index is 8.88. The van der Waals surface area contributed by atoms with Crippen LogP contribution in [-0.2, 0) is 6.54 Å². The quantitative estimate of drug-likeness (QED) is 0.787. The number of alkyl halides is 1. The zero-order chi connectivity index (χ0) is 10.2. The smallest absolute Gasteiger partial charge is 0.0558 e. The predicted octanol–water partition coefficient (Wildman–Crippen LogP) is 1.88. The van der Waals surface area contributed by atoms with Crippen LogP contribution < -0.4 is 0 Å². The fourth-order valence-corrected chi connectivity index (χ4v) is 1.87. The van der Waals surface area contributed by atoms with Crippen LogP contribution >= 0.6 is 15.9 Å². The van der Waals surface area contributed by atoms with Gasteiger partial charge in [-0.15, -0.1) is 0 Å². The van der Waals surface area contributed by atoms with Crippen molar-refractivity contribution in [3.8, 4) is 0 Å². The molecule has 0 amide bonds. The van der Waals surface area contributed by atoms with Gasteiger partial charge >= 0.3 is 0 Å². The van der Waals surface area contributed by atoms with Crippen LogP contribution in [0.2, 0.25) is 0 Å². The van der Waals surface area contributed by atoms with E-state index in [0.29, 0.717) is 0 Å². The normalized spacial score (nSPS) is 10.8. The molecule has 0 bridgehead atoms. The molecule has 1 aromatic rings. The summed E-state index contributed by atoms with van der Waals surface area (Å²) in [5.74, 6) is 0. The van der Waals surface area contributed by atoms with Gasteiger partial charge in [-0.05, 0) is 5.56 Å². The molecule has 14 heavy (non-hydrogen) atoms. The Morgan fingerprint density at radius 1 is 1.14 bits per heavy atom. The van der Waals surface area contributed by atoms with Gasteiger partial charge in [-0.2, -0.15) is 0 Å². The molecule has 2 nitrogen and oxygen atoms in total. The van der Waals surface area contributed by atoms with Crippen LogP contribution in [-0.4, -0.2) is 35.0 Å². The van der Waals surface area contributed by atoms with Crippen LogP contribution in [0.1, 0.15) is 5.56 Å². The van der Waals surface area contributed by atoms with Gasteiger partial charge in [0.05, 0.1) is 6.61 Å². The van der Waals surface area contributed by atoms with Crippen molar-refractivity contribution in [1.29, 1.82) is 0 Å². The van der Waals surface area contributed by atoms with Crippen LogP contribution in [0, 0.1) is 0 Å². The Kier molecular flexibility index (Phi) is 5.83. The van der Waals surface area contributed by atoms with Crippen molar-refractivity contribution in [1.82, 2.24) is 4.90 Å². The maximum Gasteiger partial charge on any atom is 0.0558 e. The lowest BCUT2D eigenvalue weighted by Gasteiger charge is -2.19. The van der Waals surface area contributed by atoms with E-state index in [1.165, 1.54) is 5.56 Å². The van der Waals surface area contributed by atoms with Gasteiger partial charge in [0.2, 0.25) is 0 Å². The SMILES string of the molecule is OCCN(CCBr)Cc1ccccc1. The summed E-state index contributed by atoms with van der Waals surface area (Å²) >= 11 is 3.41. The third kappa shape index (κ3) is 4.22. The molecule has 78 valence electrons. The number of halogens is 1. The molecule has 0 saturated carbocycles. The summed E-state index contributed by atoms with van der Waals surface area (Å²) in [6.07, 6.45) is 0. The first-order valence-corrected chi connectivity index (χ1v) is 5.92. The Bertz CT molecular complexity index is 234. The van der Waals surface area contributed by atoms with E-state index in [2.05, 4.69) is 33.0 Å². The van der Waals surface area contributed by atoms with Gasteiger partial charge in [-0.25, -0.2) is 0 Å². The van der Waals surface area contributed by atoms with Crippen molar-refractivity contribution in [3.05, 3.63) is 35.9 Å². The summed E-state index contributed by atoms with van der Waals surface area (Å²) in [6, 6.07) is 10.3. The van der Waals surface area contributed by atoms with Gasteiger partial charge < -0.3 is 5.11 Å². The zero-order valence-corrected chi connectivity index (χ0v) is 9.78. The molecule has 0 aliphatic rings. The Balaban J connectivity index is 2.46. The molecule has 1 rings (SSSR count). The largest absolute Gasteiger partial charge is 0.395 e. The highest BCUT2D eigenvalue weighted by atomic mass is 79.9. The maximum atomic E-state index is 8.88. The van der Waals surface area contributed by atoms with Crippen LogP contribution in [0.3, 0.4) is 0 Å². The molecule has 1 aromatic carbocycles. The lowest BCUT2D eigenvalue weighted by atomic mass is 10.2. The summed E-state index contributed by atoms with van der Waals surface area (Å²) in [5, 5.41) is 9.83. The fourth-order valence-electron chi connectivity index (χ4n) is 1.37. The lowest BCUT2D eigenvalue weighted by Crippen LogP contribution is -2.28. The van der Waals surface area contributed by atoms with Gasteiger partial charge in [-0.3, -0.25) is 4.90 Å². The van der Waals surface area contributed by atoms with E-state index in [0.717, 1.165) is 25.0 Å². The van der Waals surface area contributed by atoms with E-state index < -0.39 is 0 Å². The highest BCUT2D eigenvalue weighted by molar-refractivity contribution is 9.09. The second kappa shape index (κ2) is 6.98. The van der Waals surface area contributed by atoms with E-state index in [-0.39, 0.29) is 6.61 Å². The fraction of sp³-hybridized carbons (Fsp3) is 0.455. The number of aliphatic hydroxyl groups excluding tert-OH is 1. The molecule has 0 atom stereocenters. The van der Waals surface area contributed by atoms with Gasteiger partial charge in [0, 0.05) is 25.0 Å². The summed E-state index contributed by atoms with van der Waals surface area (Å²) in [4.78, 5) is 2.23. The molecule has 0 aliphatic carbocycles. The van der Waals surface area contributed by atoms with Crippen LogP contribution in [0.15, 0.2) is 30.3 Å². The number of aliphatic hydroxyl groups is 1. The van der Waals surface area contributed by atoms with Gasteiger partial charge in [0.25, 0.3) is 0 Å². The standard InChI is InChI=1S/C11H16BrNO/c12-6-7-13(8-9-14)10-11-4-2-1-3-5-11/h1-5,14H,6-10H2. The Hall–Kier alpha value is -0.380. The first-order valence-electron chi connectivity index (χ1n) is 4.80. The summed E-state index contributed by atoms with van der Waals surface area (Å²) in [6.45, 7) is 2.84. The van der Waals surface area contributed by atoms with Crippen molar-refractivity contribution in [2.24, 2.45) is 0 Å². The van der Waals surface area contributed by atoms with Crippen molar-refractivity contribution in [2.45, 2.75) is 6.54 Å². The van der Waals surface area contributed by atoms with Crippen molar-refractivity contribution in [3.63, 3.8) is 0 Å². The van der Waals surface area contributed by atoms with Gasteiger partial charge in [-0.1, -0.05) is 46.3 Å². The average molecular weight is 258 g/mol. The van der Waals surface area contributed by atoms with Crippen molar-refractivity contribution >= 4 is 15.9 Å². The highest BCUT2D eigenvalue weighted by Gasteiger charge is 2.03. The third-order valence-electron chi connectivity index (χ3n) is 2.07. The molecule has 3 heteroatoms. The van der Waals surface area contributed by atoms with Crippen LogP contribution in [0.4, 0.5) is 0 Å². The lowest BCUT2D eigenvalue weighted by molar-refractivity contribution is 0.198. The molecule has 1 N–H and O–H groups in total. The Labute approximate surface area is 93.7 Å². The number of rotatable bonds is 6. The van der Waals surface area contributed by atoms with Crippen molar-refractivity contribution < 1.29 is 5.11 Å². The molecule has 0 radical (unpaired) electrons. The number of hydrogen-bond acceptors (Lipinski definition) is 2. The van der Waals surface area contributed by atoms with Gasteiger partial charge in [0.1, 0.15) is 0 Å². The average Bonchev–Trinajstić information content (AvgIpc) is 2.20. The monoisotopic (exact) mass is 257 g/mol. The minimum absolute atomic E-state index is 0.222. The first kappa shape index (κ1) is 11.7. The minimum atomic E-state index is 0.222. The number of hydrogen-bond donors (Lipinski definition) is 1. The Morgan fingerprint density at radius 2 is 1.86 bits per heavy atom. The van der Waals surface area contributed by atoms with E-state index >= 15 is 0 Å². The molecule has 0 heterocycles. The van der Waals surface area contributed by atoms with Crippen LogP contribution in [0.5, 0.6) is 0 Å². The summed E-state index contributed by atoms with van der Waals surface area (Å²) in [5.41, 5.74) is 1.29. The number of benzene rings is 1. The van der Waals surface area contributed by atoms with Crippen LogP contribution in [0.25, 0.3) is 0 Å². The van der Waals surface area contributed by atoms with E-state index in [1.54, 1.807) is 0 Å². The topological polar surface area (TPSA) is 23.5 Å². The third-order valence-corrected chi connectivity index (χ3v) is 2.42. The second-order valence-electron chi connectivity index (χ2n) is 3.17. The highest BCUT2D eigenvalue weighted by Crippen LogP contribution is 2.04. The number of nitrogens with zero attached hydrogens (tertiary/aromatic N) is 1. The van der Waals surface area contributed by atoms with E-state index in [4.69, 9.17) is 5.11 Å². The Morgan fingerprint density at radius 3 is 2.43 bits per heavy atom. The first-order chi connectivity index (χ1) is 6.86. The molecule has 0 spiro atoms. The van der Waals surface area contributed by atoms with Gasteiger partial charge in [0.15, 0.2) is 0 Å². The molecule has 0 saturated heterocycles. The van der Waals surface area contributed by atoms with E-state index in [1.807, 2.05) is 18.2 Å². The molecule has 0 aromatic heterocycles. The molecular weight excluding hydrogens is 242 g/mol. The molecule has 0 aliphatic heterocycles. The zero-order valence-electron chi connectivity index (χ0n) is 8.19. The minimum Gasteiger partial charge on any atom is -0.395 e. The predicted molar refractivity (Wildman–Crippen MR) is 62.6 cm³/mol. The van der Waals surface area contributed by atoms with E-state index in [9.17, 15) is 0 Å².